The Morgan fingerprint density at radius 3 is 2.72 bits per heavy atom. The zero-order valence-electron chi connectivity index (χ0n) is 10.3. The maximum Gasteiger partial charge on any atom is 0.320 e. The van der Waals surface area contributed by atoms with Crippen molar-refractivity contribution in [2.75, 3.05) is 11.9 Å². The van der Waals surface area contributed by atoms with Gasteiger partial charge >= 0.3 is 6.03 Å². The van der Waals surface area contributed by atoms with E-state index in [0.717, 1.165) is 6.42 Å². The van der Waals surface area contributed by atoms with E-state index in [0.29, 0.717) is 12.4 Å². The fraction of sp³-hybridized carbons (Fsp3) is 0.231. The largest absolute Gasteiger partial charge is 0.337 e. The SMILES string of the molecule is Cn1ccc(NC(=O)NCCc2ccccc2)n1. The van der Waals surface area contributed by atoms with Crippen LogP contribution in [0.25, 0.3) is 0 Å². The first kappa shape index (κ1) is 12.2. The van der Waals surface area contributed by atoms with Crippen molar-refractivity contribution in [1.82, 2.24) is 15.1 Å². The van der Waals surface area contributed by atoms with Crippen molar-refractivity contribution in [3.05, 3.63) is 48.2 Å². The monoisotopic (exact) mass is 244 g/mol. The standard InChI is InChI=1S/C13H16N4O/c1-17-10-8-12(16-17)15-13(18)14-9-7-11-5-3-2-4-6-11/h2-6,8,10H,7,9H2,1H3,(H2,14,15,16,18). The van der Waals surface area contributed by atoms with Crippen molar-refractivity contribution in [1.29, 1.82) is 0 Å². The van der Waals surface area contributed by atoms with E-state index < -0.39 is 0 Å². The Kier molecular flexibility index (Phi) is 3.96. The molecule has 1 heterocycles. The lowest BCUT2D eigenvalue weighted by Crippen LogP contribution is -2.30. The van der Waals surface area contributed by atoms with Crippen molar-refractivity contribution in [3.63, 3.8) is 0 Å². The molecule has 2 aromatic rings. The molecule has 1 aromatic heterocycles. The quantitative estimate of drug-likeness (QED) is 0.861. The highest BCUT2D eigenvalue weighted by Crippen LogP contribution is 2.01. The molecule has 5 nitrogen and oxygen atoms in total. The smallest absolute Gasteiger partial charge is 0.320 e. The number of carbonyl (C=O) groups is 1. The molecule has 2 N–H and O–H groups in total. The van der Waals surface area contributed by atoms with Crippen molar-refractivity contribution in [2.24, 2.45) is 7.05 Å². The van der Waals surface area contributed by atoms with Gasteiger partial charge in [-0.2, -0.15) is 5.10 Å². The van der Waals surface area contributed by atoms with Crippen LogP contribution in [-0.2, 0) is 13.5 Å². The first-order valence-corrected chi connectivity index (χ1v) is 5.82. The summed E-state index contributed by atoms with van der Waals surface area (Å²) in [6, 6.07) is 11.6. The highest BCUT2D eigenvalue weighted by atomic mass is 16.2. The van der Waals surface area contributed by atoms with E-state index in [2.05, 4.69) is 15.7 Å². The van der Waals surface area contributed by atoms with Crippen LogP contribution in [0.5, 0.6) is 0 Å². The minimum absolute atomic E-state index is 0.232. The average molecular weight is 244 g/mol. The molecule has 0 spiro atoms. The van der Waals surface area contributed by atoms with Gasteiger partial charge in [-0.05, 0) is 12.0 Å². The van der Waals surface area contributed by atoms with E-state index in [1.54, 1.807) is 24.0 Å². The highest BCUT2D eigenvalue weighted by molar-refractivity contribution is 5.88. The number of hydrogen-bond acceptors (Lipinski definition) is 2. The molecule has 2 amide bonds. The summed E-state index contributed by atoms with van der Waals surface area (Å²) in [5.74, 6) is 0.551. The Balaban J connectivity index is 1.72. The molecule has 1 aromatic carbocycles. The summed E-state index contributed by atoms with van der Waals surface area (Å²) in [7, 11) is 1.80. The molecule has 18 heavy (non-hydrogen) atoms. The Morgan fingerprint density at radius 2 is 2.06 bits per heavy atom. The number of nitrogens with one attached hydrogen (secondary N) is 2. The van der Waals surface area contributed by atoms with Gasteiger partial charge in [0.25, 0.3) is 0 Å². The predicted molar refractivity (Wildman–Crippen MR) is 70.4 cm³/mol. The molecule has 0 aliphatic heterocycles. The topological polar surface area (TPSA) is 59.0 Å². The number of aromatic nitrogens is 2. The molecule has 5 heteroatoms. The molecule has 0 radical (unpaired) electrons. The van der Waals surface area contributed by atoms with Gasteiger partial charge in [0.15, 0.2) is 5.82 Å². The lowest BCUT2D eigenvalue weighted by Gasteiger charge is -2.05. The molecule has 0 atom stereocenters. The van der Waals surface area contributed by atoms with Crippen LogP contribution in [0.4, 0.5) is 10.6 Å². The van der Waals surface area contributed by atoms with E-state index in [9.17, 15) is 4.79 Å². The fourth-order valence-corrected chi connectivity index (χ4v) is 1.61. The van der Waals surface area contributed by atoms with Crippen LogP contribution >= 0.6 is 0 Å². The molecule has 0 saturated heterocycles. The third-order valence-electron chi connectivity index (χ3n) is 2.50. The zero-order valence-corrected chi connectivity index (χ0v) is 10.3. The number of amides is 2. The molecular formula is C13H16N4O. The number of aryl methyl sites for hydroxylation is 1. The third-order valence-corrected chi connectivity index (χ3v) is 2.50. The second-order valence-corrected chi connectivity index (χ2v) is 3.99. The van der Waals surface area contributed by atoms with Gasteiger partial charge in [0.05, 0.1) is 0 Å². The van der Waals surface area contributed by atoms with E-state index in [4.69, 9.17) is 0 Å². The molecule has 0 fully saturated rings. The minimum Gasteiger partial charge on any atom is -0.337 e. The third kappa shape index (κ3) is 3.62. The maximum atomic E-state index is 11.5. The van der Waals surface area contributed by atoms with Crippen LogP contribution in [0.2, 0.25) is 0 Å². The highest BCUT2D eigenvalue weighted by Gasteiger charge is 2.02. The van der Waals surface area contributed by atoms with Crippen LogP contribution in [0.1, 0.15) is 5.56 Å². The Labute approximate surface area is 106 Å². The second-order valence-electron chi connectivity index (χ2n) is 3.99. The van der Waals surface area contributed by atoms with Crippen molar-refractivity contribution >= 4 is 11.8 Å². The van der Waals surface area contributed by atoms with Gasteiger partial charge in [-0.25, -0.2) is 4.79 Å². The van der Waals surface area contributed by atoms with Gasteiger partial charge in [0, 0.05) is 25.9 Å². The van der Waals surface area contributed by atoms with Gasteiger partial charge in [-0.1, -0.05) is 30.3 Å². The predicted octanol–water partition coefficient (Wildman–Crippen LogP) is 1.78. The first-order valence-electron chi connectivity index (χ1n) is 5.82. The van der Waals surface area contributed by atoms with Gasteiger partial charge in [-0.15, -0.1) is 0 Å². The molecule has 0 bridgehead atoms. The van der Waals surface area contributed by atoms with Crippen LogP contribution in [0, 0.1) is 0 Å². The van der Waals surface area contributed by atoms with Crippen LogP contribution in [-0.4, -0.2) is 22.4 Å². The molecule has 0 aliphatic carbocycles. The van der Waals surface area contributed by atoms with Crippen molar-refractivity contribution in [2.45, 2.75) is 6.42 Å². The van der Waals surface area contributed by atoms with Crippen LogP contribution in [0.15, 0.2) is 42.6 Å². The number of anilines is 1. The van der Waals surface area contributed by atoms with E-state index >= 15 is 0 Å². The Morgan fingerprint density at radius 1 is 1.28 bits per heavy atom. The van der Waals surface area contributed by atoms with Crippen LogP contribution < -0.4 is 10.6 Å². The number of rotatable bonds is 4. The van der Waals surface area contributed by atoms with Gasteiger partial charge in [0.2, 0.25) is 0 Å². The Bertz CT molecular complexity index is 507. The van der Waals surface area contributed by atoms with Gasteiger partial charge in [0.1, 0.15) is 0 Å². The number of carbonyl (C=O) groups excluding carboxylic acids is 1. The minimum atomic E-state index is -0.232. The number of nitrogens with zero attached hydrogens (tertiary/aromatic N) is 2. The number of benzene rings is 1. The summed E-state index contributed by atoms with van der Waals surface area (Å²) in [5, 5.41) is 9.52. The molecule has 0 aliphatic rings. The van der Waals surface area contributed by atoms with Gasteiger partial charge < -0.3 is 5.32 Å². The van der Waals surface area contributed by atoms with E-state index in [1.165, 1.54) is 5.56 Å². The lowest BCUT2D eigenvalue weighted by atomic mass is 10.1. The van der Waals surface area contributed by atoms with Crippen LogP contribution in [0.3, 0.4) is 0 Å². The van der Waals surface area contributed by atoms with Crippen molar-refractivity contribution in [3.8, 4) is 0 Å². The van der Waals surface area contributed by atoms with Crippen molar-refractivity contribution < 1.29 is 4.79 Å². The summed E-state index contributed by atoms with van der Waals surface area (Å²) in [4.78, 5) is 11.5. The molecule has 94 valence electrons. The molecule has 2 rings (SSSR count). The average Bonchev–Trinajstić information content (AvgIpc) is 2.76. The second kappa shape index (κ2) is 5.86. The summed E-state index contributed by atoms with van der Waals surface area (Å²) in [6.45, 7) is 0.600. The van der Waals surface area contributed by atoms with E-state index in [1.807, 2.05) is 30.3 Å². The molecular weight excluding hydrogens is 228 g/mol. The normalized spacial score (nSPS) is 10.1. The summed E-state index contributed by atoms with van der Waals surface area (Å²) >= 11 is 0. The maximum absolute atomic E-state index is 11.5. The summed E-state index contributed by atoms with van der Waals surface area (Å²) in [5.41, 5.74) is 1.20. The van der Waals surface area contributed by atoms with Gasteiger partial charge in [-0.3, -0.25) is 10.00 Å². The fourth-order valence-electron chi connectivity index (χ4n) is 1.61. The number of hydrogen-bond donors (Lipinski definition) is 2. The summed E-state index contributed by atoms with van der Waals surface area (Å²) in [6.07, 6.45) is 2.59. The molecule has 0 unspecified atom stereocenters. The first-order chi connectivity index (χ1) is 8.74. The zero-order chi connectivity index (χ0) is 12.8. The lowest BCUT2D eigenvalue weighted by molar-refractivity contribution is 0.252. The number of urea groups is 1. The molecule has 0 saturated carbocycles. The Hall–Kier alpha value is -2.30. The summed E-state index contributed by atoms with van der Waals surface area (Å²) < 4.78 is 1.64. The van der Waals surface area contributed by atoms with E-state index in [-0.39, 0.29) is 6.03 Å².